The van der Waals surface area contributed by atoms with Gasteiger partial charge in [0.25, 0.3) is 10.0 Å². The highest BCUT2D eigenvalue weighted by atomic mass is 32.2. The second-order valence-corrected chi connectivity index (χ2v) is 7.43. The van der Waals surface area contributed by atoms with Gasteiger partial charge in [0.1, 0.15) is 0 Å². The highest BCUT2D eigenvalue weighted by Gasteiger charge is 2.41. The van der Waals surface area contributed by atoms with Crippen LogP contribution in [0, 0.1) is 0 Å². The minimum atomic E-state index is -5.36. The smallest absolute Gasteiger partial charge is 0.325 e. The van der Waals surface area contributed by atoms with Gasteiger partial charge in [-0.15, -0.1) is 0 Å². The Hall–Kier alpha value is -2.92. The van der Waals surface area contributed by atoms with E-state index in [0.29, 0.717) is 0 Å². The first-order chi connectivity index (χ1) is 13.0. The SMILES string of the molecule is N[C@@H](Cc1ccccc1)C(=O)Nc1cccc(S(=O)(=O)NC(=O)C(F)(F)F)c1. The largest absolute Gasteiger partial charge is 0.472 e. The summed E-state index contributed by atoms with van der Waals surface area (Å²) in [5.74, 6) is -3.23. The summed E-state index contributed by atoms with van der Waals surface area (Å²) in [4.78, 5) is 22.4. The van der Waals surface area contributed by atoms with Crippen molar-refractivity contribution in [2.75, 3.05) is 5.32 Å². The minimum Gasteiger partial charge on any atom is -0.325 e. The molecule has 4 N–H and O–H groups in total. The van der Waals surface area contributed by atoms with Crippen molar-refractivity contribution in [3.63, 3.8) is 0 Å². The third-order valence-electron chi connectivity index (χ3n) is 3.53. The van der Waals surface area contributed by atoms with Gasteiger partial charge in [0, 0.05) is 5.69 Å². The van der Waals surface area contributed by atoms with E-state index in [1.54, 1.807) is 30.3 Å². The monoisotopic (exact) mass is 415 g/mol. The number of nitrogens with two attached hydrogens (primary N) is 1. The number of nitrogens with one attached hydrogen (secondary N) is 2. The van der Waals surface area contributed by atoms with E-state index < -0.39 is 39.0 Å². The van der Waals surface area contributed by atoms with Crippen molar-refractivity contribution in [1.82, 2.24) is 4.72 Å². The molecule has 2 amide bonds. The number of hydrogen-bond donors (Lipinski definition) is 3. The van der Waals surface area contributed by atoms with Gasteiger partial charge in [-0.25, -0.2) is 13.1 Å². The number of carbonyl (C=O) groups is 2. The maximum atomic E-state index is 12.3. The molecule has 0 aliphatic rings. The summed E-state index contributed by atoms with van der Waals surface area (Å²) in [5, 5.41) is 2.39. The van der Waals surface area contributed by atoms with E-state index in [9.17, 15) is 31.2 Å². The Morgan fingerprint density at radius 1 is 1.04 bits per heavy atom. The third kappa shape index (κ3) is 5.79. The maximum absolute atomic E-state index is 12.3. The Balaban J connectivity index is 2.10. The van der Waals surface area contributed by atoms with Crippen LogP contribution in [0.25, 0.3) is 0 Å². The number of anilines is 1. The fourth-order valence-corrected chi connectivity index (χ4v) is 3.19. The fraction of sp³-hybridized carbons (Fsp3) is 0.176. The van der Waals surface area contributed by atoms with Crippen LogP contribution in [0.2, 0.25) is 0 Å². The number of carbonyl (C=O) groups excluding carboxylic acids is 2. The number of amides is 2. The van der Waals surface area contributed by atoms with E-state index in [-0.39, 0.29) is 12.1 Å². The van der Waals surface area contributed by atoms with Crippen molar-refractivity contribution in [1.29, 1.82) is 0 Å². The molecular formula is C17H16F3N3O4S. The average molecular weight is 415 g/mol. The zero-order valence-corrected chi connectivity index (χ0v) is 15.0. The number of hydrogen-bond acceptors (Lipinski definition) is 5. The van der Waals surface area contributed by atoms with Crippen molar-refractivity contribution in [2.45, 2.75) is 23.5 Å². The molecule has 0 aliphatic heterocycles. The van der Waals surface area contributed by atoms with Crippen LogP contribution in [-0.4, -0.2) is 32.5 Å². The molecule has 150 valence electrons. The molecule has 0 fully saturated rings. The second-order valence-electron chi connectivity index (χ2n) is 5.75. The molecule has 28 heavy (non-hydrogen) atoms. The van der Waals surface area contributed by atoms with E-state index in [1.165, 1.54) is 12.1 Å². The number of benzene rings is 2. The van der Waals surface area contributed by atoms with Crippen LogP contribution in [-0.2, 0) is 26.0 Å². The summed E-state index contributed by atoms with van der Waals surface area (Å²) in [5.41, 5.74) is 6.63. The molecule has 2 rings (SSSR count). The number of halogens is 3. The lowest BCUT2D eigenvalue weighted by molar-refractivity contribution is -0.171. The molecule has 2 aromatic rings. The third-order valence-corrected chi connectivity index (χ3v) is 4.86. The van der Waals surface area contributed by atoms with Gasteiger partial charge < -0.3 is 11.1 Å². The van der Waals surface area contributed by atoms with Gasteiger partial charge in [0.05, 0.1) is 10.9 Å². The quantitative estimate of drug-likeness (QED) is 0.662. The van der Waals surface area contributed by atoms with Gasteiger partial charge in [-0.05, 0) is 30.2 Å². The molecule has 7 nitrogen and oxygen atoms in total. The number of rotatable bonds is 6. The van der Waals surface area contributed by atoms with Crippen LogP contribution in [0.1, 0.15) is 5.56 Å². The first-order valence-electron chi connectivity index (χ1n) is 7.83. The normalized spacial score (nSPS) is 12.9. The summed E-state index contributed by atoms with van der Waals surface area (Å²) < 4.78 is 61.6. The number of alkyl halides is 3. The summed E-state index contributed by atoms with van der Waals surface area (Å²) in [6.45, 7) is 0. The molecule has 0 unspecified atom stereocenters. The second kappa shape index (κ2) is 8.40. The van der Waals surface area contributed by atoms with Crippen molar-refractivity contribution in [2.24, 2.45) is 5.73 Å². The maximum Gasteiger partial charge on any atom is 0.472 e. The Morgan fingerprint density at radius 3 is 2.29 bits per heavy atom. The van der Waals surface area contributed by atoms with E-state index in [1.807, 2.05) is 0 Å². The topological polar surface area (TPSA) is 118 Å². The van der Waals surface area contributed by atoms with Crippen molar-refractivity contribution >= 4 is 27.5 Å². The zero-order valence-electron chi connectivity index (χ0n) is 14.2. The Labute approximate surface area is 158 Å². The van der Waals surface area contributed by atoms with E-state index >= 15 is 0 Å². The molecular weight excluding hydrogens is 399 g/mol. The first kappa shape index (κ1) is 21.4. The van der Waals surface area contributed by atoms with Gasteiger partial charge in [-0.3, -0.25) is 9.59 Å². The zero-order chi connectivity index (χ0) is 20.9. The predicted molar refractivity (Wildman–Crippen MR) is 94.6 cm³/mol. The predicted octanol–water partition coefficient (Wildman–Crippen LogP) is 1.56. The molecule has 0 heterocycles. The van der Waals surface area contributed by atoms with Gasteiger partial charge in [0.15, 0.2) is 0 Å². The van der Waals surface area contributed by atoms with Crippen LogP contribution < -0.4 is 15.8 Å². The molecule has 0 bridgehead atoms. The van der Waals surface area contributed by atoms with Gasteiger partial charge >= 0.3 is 12.1 Å². The van der Waals surface area contributed by atoms with Gasteiger partial charge in [0.2, 0.25) is 5.91 Å². The van der Waals surface area contributed by atoms with Crippen molar-refractivity contribution < 1.29 is 31.2 Å². The lowest BCUT2D eigenvalue weighted by Gasteiger charge is -2.13. The Morgan fingerprint density at radius 2 is 1.68 bits per heavy atom. The number of sulfonamides is 1. The van der Waals surface area contributed by atoms with Crippen LogP contribution in [0.15, 0.2) is 59.5 Å². The van der Waals surface area contributed by atoms with Gasteiger partial charge in [-0.1, -0.05) is 36.4 Å². The summed E-state index contributed by atoms with van der Waals surface area (Å²) >= 11 is 0. The van der Waals surface area contributed by atoms with Crippen LogP contribution >= 0.6 is 0 Å². The first-order valence-corrected chi connectivity index (χ1v) is 9.32. The molecule has 0 radical (unpaired) electrons. The van der Waals surface area contributed by atoms with Crippen LogP contribution in [0.5, 0.6) is 0 Å². The highest BCUT2D eigenvalue weighted by Crippen LogP contribution is 2.19. The van der Waals surface area contributed by atoms with E-state index in [0.717, 1.165) is 22.4 Å². The Kier molecular flexibility index (Phi) is 6.41. The lowest BCUT2D eigenvalue weighted by Crippen LogP contribution is -2.40. The molecule has 1 atom stereocenters. The summed E-state index contributed by atoms with van der Waals surface area (Å²) in [6, 6.07) is 12.4. The molecule has 0 spiro atoms. The molecule has 0 aliphatic carbocycles. The molecule has 0 saturated heterocycles. The van der Waals surface area contributed by atoms with Crippen LogP contribution in [0.4, 0.5) is 18.9 Å². The summed E-state index contributed by atoms with van der Waals surface area (Å²) in [6.07, 6.45) is -5.13. The molecule has 2 aromatic carbocycles. The van der Waals surface area contributed by atoms with E-state index in [2.05, 4.69) is 5.32 Å². The lowest BCUT2D eigenvalue weighted by atomic mass is 10.1. The fourth-order valence-electron chi connectivity index (χ4n) is 2.18. The van der Waals surface area contributed by atoms with Crippen molar-refractivity contribution in [3.8, 4) is 0 Å². The minimum absolute atomic E-state index is 0.00385. The molecule has 11 heteroatoms. The standard InChI is InChI=1S/C17H16F3N3O4S/c18-17(19,20)16(25)23-28(26,27)13-8-4-7-12(10-13)22-15(24)14(21)9-11-5-2-1-3-6-11/h1-8,10,14H,9,21H2,(H,22,24)(H,23,25)/t14-/m0/s1. The molecule has 0 aromatic heterocycles. The van der Waals surface area contributed by atoms with Crippen molar-refractivity contribution in [3.05, 3.63) is 60.2 Å². The summed E-state index contributed by atoms with van der Waals surface area (Å²) in [7, 11) is -4.77. The average Bonchev–Trinajstić information content (AvgIpc) is 2.61. The Bertz CT molecular complexity index is 963. The van der Waals surface area contributed by atoms with Gasteiger partial charge in [-0.2, -0.15) is 13.2 Å². The van der Waals surface area contributed by atoms with E-state index in [4.69, 9.17) is 5.73 Å². The van der Waals surface area contributed by atoms with Crippen LogP contribution in [0.3, 0.4) is 0 Å². The molecule has 0 saturated carbocycles. The highest BCUT2D eigenvalue weighted by molar-refractivity contribution is 7.90.